The fourth-order valence-electron chi connectivity index (χ4n) is 2.19. The van der Waals surface area contributed by atoms with Crippen molar-refractivity contribution in [1.29, 1.82) is 0 Å². The van der Waals surface area contributed by atoms with E-state index in [9.17, 15) is 0 Å². The summed E-state index contributed by atoms with van der Waals surface area (Å²) in [5.74, 6) is 0. The zero-order valence-electron chi connectivity index (χ0n) is 11.1. The average molecular weight is 230 g/mol. The van der Waals surface area contributed by atoms with Gasteiger partial charge in [0.2, 0.25) is 0 Å². The van der Waals surface area contributed by atoms with E-state index >= 15 is 0 Å². The second kappa shape index (κ2) is 6.24. The molecule has 1 aliphatic carbocycles. The van der Waals surface area contributed by atoms with Crippen LogP contribution in [0.5, 0.6) is 0 Å². The minimum absolute atomic E-state index is 0.934. The molecule has 1 aliphatic rings. The van der Waals surface area contributed by atoms with Gasteiger partial charge in [-0.2, -0.15) is 0 Å². The van der Waals surface area contributed by atoms with Crippen LogP contribution >= 0.6 is 0 Å². The molecule has 1 rings (SSSR count). The molecule has 0 spiro atoms. The molecule has 0 radical (unpaired) electrons. The summed E-state index contributed by atoms with van der Waals surface area (Å²) in [5.41, 5.74) is 11.8. The van der Waals surface area contributed by atoms with Crippen LogP contribution in [0.15, 0.2) is 51.8 Å². The predicted octanol–water partition coefficient (Wildman–Crippen LogP) is 3.88. The predicted molar refractivity (Wildman–Crippen MR) is 75.9 cm³/mol. The van der Waals surface area contributed by atoms with Gasteiger partial charge in [0.15, 0.2) is 0 Å². The fraction of sp³-hybridized carbons (Fsp3) is 0.400. The van der Waals surface area contributed by atoms with E-state index < -0.39 is 0 Å². The molecule has 0 aromatic heterocycles. The topological polar surface area (TPSA) is 38.4 Å². The van der Waals surface area contributed by atoms with Gasteiger partial charge in [-0.15, -0.1) is 0 Å². The first-order valence-electron chi connectivity index (χ1n) is 6.15. The molecule has 2 nitrogen and oxygen atoms in total. The minimum atomic E-state index is 0.934. The van der Waals surface area contributed by atoms with Crippen LogP contribution in [-0.2, 0) is 0 Å². The van der Waals surface area contributed by atoms with Gasteiger partial charge in [0.25, 0.3) is 0 Å². The lowest BCUT2D eigenvalue weighted by atomic mass is 9.88. The Balaban J connectivity index is 3.34. The monoisotopic (exact) mass is 230 g/mol. The van der Waals surface area contributed by atoms with Crippen LogP contribution in [-0.4, -0.2) is 6.21 Å². The molecule has 2 heteroatoms. The van der Waals surface area contributed by atoms with Crippen LogP contribution in [0.25, 0.3) is 0 Å². The van der Waals surface area contributed by atoms with Gasteiger partial charge in [-0.1, -0.05) is 25.7 Å². The molecule has 0 atom stereocenters. The van der Waals surface area contributed by atoms with Crippen molar-refractivity contribution in [3.8, 4) is 0 Å². The van der Waals surface area contributed by atoms with E-state index in [0.717, 1.165) is 41.8 Å². The quantitative estimate of drug-likeness (QED) is 0.577. The van der Waals surface area contributed by atoms with E-state index in [2.05, 4.69) is 25.4 Å². The largest absolute Gasteiger partial charge is 0.401 e. The molecule has 0 aromatic rings. The van der Waals surface area contributed by atoms with Crippen molar-refractivity contribution >= 4 is 6.21 Å². The average Bonchev–Trinajstić information content (AvgIpc) is 2.30. The second-order valence-electron chi connectivity index (χ2n) is 4.18. The normalized spacial score (nSPS) is 18.2. The van der Waals surface area contributed by atoms with E-state index in [1.54, 1.807) is 6.08 Å². The van der Waals surface area contributed by atoms with E-state index in [-0.39, 0.29) is 0 Å². The Hall–Kier alpha value is -1.57. The summed E-state index contributed by atoms with van der Waals surface area (Å²) >= 11 is 0. The Morgan fingerprint density at radius 3 is 2.71 bits per heavy atom. The SMILES string of the molecule is C=C/C=C(/C)C1=C(N)CCC(CC)=C1N=CC. The molecule has 92 valence electrons. The van der Waals surface area contributed by atoms with Crippen LogP contribution in [0.4, 0.5) is 0 Å². The lowest BCUT2D eigenvalue weighted by molar-refractivity contribution is 0.810. The molecule has 0 bridgehead atoms. The lowest BCUT2D eigenvalue weighted by Gasteiger charge is -2.22. The number of aliphatic imine (C=N–C) groups is 1. The summed E-state index contributed by atoms with van der Waals surface area (Å²) in [6.07, 6.45) is 8.62. The van der Waals surface area contributed by atoms with Gasteiger partial charge in [0.1, 0.15) is 0 Å². The number of nitrogens with two attached hydrogens (primary N) is 1. The van der Waals surface area contributed by atoms with Crippen LogP contribution in [0.1, 0.15) is 40.0 Å². The smallest absolute Gasteiger partial charge is 0.0709 e. The zero-order chi connectivity index (χ0) is 12.8. The third-order valence-electron chi connectivity index (χ3n) is 3.04. The van der Waals surface area contributed by atoms with Gasteiger partial charge in [-0.05, 0) is 44.3 Å². The van der Waals surface area contributed by atoms with Crippen LogP contribution < -0.4 is 5.73 Å². The summed E-state index contributed by atoms with van der Waals surface area (Å²) in [6.45, 7) is 9.91. The molecule has 0 aromatic carbocycles. The van der Waals surface area contributed by atoms with Crippen molar-refractivity contribution in [3.63, 3.8) is 0 Å². The number of nitrogens with zero attached hydrogens (tertiary/aromatic N) is 1. The van der Waals surface area contributed by atoms with Crippen molar-refractivity contribution in [2.45, 2.75) is 40.0 Å². The standard InChI is InChI=1S/C15H22N2/c1-5-8-11(4)14-13(16)10-9-12(6-2)15(14)17-7-3/h5,7-8H,1,6,9-10,16H2,2-4H3/b11-8-,17-7?. The first-order valence-corrected chi connectivity index (χ1v) is 6.15. The summed E-state index contributed by atoms with van der Waals surface area (Å²) < 4.78 is 0. The van der Waals surface area contributed by atoms with E-state index in [4.69, 9.17) is 5.73 Å². The maximum atomic E-state index is 6.14. The highest BCUT2D eigenvalue weighted by Gasteiger charge is 2.19. The highest BCUT2D eigenvalue weighted by atomic mass is 14.8. The molecular weight excluding hydrogens is 208 g/mol. The molecule has 0 unspecified atom stereocenters. The van der Waals surface area contributed by atoms with E-state index in [1.807, 2.05) is 19.2 Å². The summed E-state index contributed by atoms with van der Waals surface area (Å²) in [6, 6.07) is 0. The van der Waals surface area contributed by atoms with Gasteiger partial charge < -0.3 is 5.73 Å². The Morgan fingerprint density at radius 1 is 1.47 bits per heavy atom. The highest BCUT2D eigenvalue weighted by Crippen LogP contribution is 2.34. The van der Waals surface area contributed by atoms with Crippen LogP contribution in [0.2, 0.25) is 0 Å². The molecule has 0 heterocycles. The Morgan fingerprint density at radius 2 is 2.18 bits per heavy atom. The van der Waals surface area contributed by atoms with Crippen LogP contribution in [0.3, 0.4) is 0 Å². The molecule has 17 heavy (non-hydrogen) atoms. The van der Waals surface area contributed by atoms with Crippen molar-refractivity contribution in [1.82, 2.24) is 0 Å². The Labute approximate surface area is 104 Å². The van der Waals surface area contributed by atoms with Crippen molar-refractivity contribution in [3.05, 3.63) is 46.8 Å². The summed E-state index contributed by atoms with van der Waals surface area (Å²) in [5, 5.41) is 0. The van der Waals surface area contributed by atoms with Gasteiger partial charge in [-0.3, -0.25) is 4.99 Å². The third-order valence-corrected chi connectivity index (χ3v) is 3.04. The third kappa shape index (κ3) is 2.96. The van der Waals surface area contributed by atoms with Gasteiger partial charge in [0.05, 0.1) is 5.70 Å². The van der Waals surface area contributed by atoms with Gasteiger partial charge in [0, 0.05) is 17.5 Å². The maximum Gasteiger partial charge on any atom is 0.0709 e. The number of hydrogen-bond donors (Lipinski definition) is 1. The first-order chi connectivity index (χ1) is 8.15. The van der Waals surface area contributed by atoms with Gasteiger partial charge >= 0.3 is 0 Å². The van der Waals surface area contributed by atoms with Crippen molar-refractivity contribution < 1.29 is 0 Å². The van der Waals surface area contributed by atoms with E-state index in [0.29, 0.717) is 0 Å². The number of hydrogen-bond acceptors (Lipinski definition) is 2. The number of rotatable bonds is 4. The lowest BCUT2D eigenvalue weighted by Crippen LogP contribution is -2.12. The Kier molecular flexibility index (Phi) is 4.95. The molecular formula is C15H22N2. The second-order valence-corrected chi connectivity index (χ2v) is 4.18. The van der Waals surface area contributed by atoms with Crippen molar-refractivity contribution in [2.24, 2.45) is 10.7 Å². The number of allylic oxidation sites excluding steroid dienone is 5. The first kappa shape index (κ1) is 13.5. The molecule has 2 N–H and O–H groups in total. The summed E-state index contributed by atoms with van der Waals surface area (Å²) in [4.78, 5) is 4.51. The maximum absolute atomic E-state index is 6.14. The Bertz CT molecular complexity index is 420. The fourth-order valence-corrected chi connectivity index (χ4v) is 2.19. The molecule has 0 fully saturated rings. The molecule has 0 saturated carbocycles. The molecule has 0 amide bonds. The minimum Gasteiger partial charge on any atom is -0.401 e. The summed E-state index contributed by atoms with van der Waals surface area (Å²) in [7, 11) is 0. The van der Waals surface area contributed by atoms with E-state index in [1.165, 1.54) is 5.57 Å². The molecule has 0 saturated heterocycles. The zero-order valence-corrected chi connectivity index (χ0v) is 11.1. The van der Waals surface area contributed by atoms with Crippen molar-refractivity contribution in [2.75, 3.05) is 0 Å². The highest BCUT2D eigenvalue weighted by molar-refractivity contribution is 5.61. The van der Waals surface area contributed by atoms with Gasteiger partial charge in [-0.25, -0.2) is 0 Å². The van der Waals surface area contributed by atoms with Crippen LogP contribution in [0, 0.1) is 0 Å². The molecule has 0 aliphatic heterocycles.